The van der Waals surface area contributed by atoms with Crippen LogP contribution in [0.3, 0.4) is 0 Å². The van der Waals surface area contributed by atoms with Crippen LogP contribution in [0, 0.1) is 5.82 Å². The fraction of sp³-hybridized carbons (Fsp3) is 0.211. The summed E-state index contributed by atoms with van der Waals surface area (Å²) >= 11 is 0. The number of nitrogens with one attached hydrogen (secondary N) is 2. The summed E-state index contributed by atoms with van der Waals surface area (Å²) in [5, 5.41) is 4.95. The Hall–Kier alpha value is -3.42. The summed E-state index contributed by atoms with van der Waals surface area (Å²) in [6.07, 6.45) is 0. The van der Waals surface area contributed by atoms with E-state index in [2.05, 4.69) is 10.6 Å². The number of hydrogen-bond donors (Lipinski definition) is 2. The average Bonchev–Trinajstić information content (AvgIpc) is 2.69. The lowest BCUT2D eigenvalue weighted by Crippen LogP contribution is -2.38. The van der Waals surface area contributed by atoms with E-state index in [0.29, 0.717) is 11.3 Å². The van der Waals surface area contributed by atoms with Gasteiger partial charge in [-0.25, -0.2) is 9.18 Å². The molecule has 0 aromatic heterocycles. The van der Waals surface area contributed by atoms with Gasteiger partial charge in [0.05, 0.1) is 25.8 Å². The van der Waals surface area contributed by atoms with Crippen LogP contribution in [0.25, 0.3) is 0 Å². The molecule has 0 fully saturated rings. The zero-order valence-electron chi connectivity index (χ0n) is 14.7. The Morgan fingerprint density at radius 3 is 2.37 bits per heavy atom. The van der Waals surface area contributed by atoms with E-state index in [1.54, 1.807) is 24.3 Å². The molecule has 2 N–H and O–H groups in total. The van der Waals surface area contributed by atoms with Gasteiger partial charge < -0.3 is 20.1 Å². The van der Waals surface area contributed by atoms with Gasteiger partial charge in [0, 0.05) is 5.56 Å². The van der Waals surface area contributed by atoms with Gasteiger partial charge in [-0.2, -0.15) is 0 Å². The SMILES string of the molecule is COc1ccc(C(=O)NCC(=O)NCCOC(=O)c2ccccc2F)cc1. The number of carbonyl (C=O) groups excluding carboxylic acids is 3. The van der Waals surface area contributed by atoms with E-state index in [4.69, 9.17) is 9.47 Å². The first kappa shape index (κ1) is 19.9. The molecule has 0 aliphatic heterocycles. The highest BCUT2D eigenvalue weighted by Crippen LogP contribution is 2.11. The van der Waals surface area contributed by atoms with Crippen LogP contribution in [-0.4, -0.2) is 44.6 Å². The molecular weight excluding hydrogens is 355 g/mol. The Bertz CT molecular complexity index is 808. The first-order chi connectivity index (χ1) is 13.0. The van der Waals surface area contributed by atoms with Crippen LogP contribution in [-0.2, 0) is 9.53 Å². The molecule has 8 heteroatoms. The number of halogens is 1. The second-order valence-corrected chi connectivity index (χ2v) is 5.38. The maximum atomic E-state index is 13.4. The Labute approximate surface area is 155 Å². The molecule has 0 spiro atoms. The van der Waals surface area contributed by atoms with Crippen LogP contribution in [0.4, 0.5) is 4.39 Å². The number of esters is 1. The van der Waals surface area contributed by atoms with Gasteiger partial charge in [-0.05, 0) is 36.4 Å². The van der Waals surface area contributed by atoms with Crippen molar-refractivity contribution in [2.75, 3.05) is 26.8 Å². The molecule has 0 atom stereocenters. The van der Waals surface area contributed by atoms with Crippen molar-refractivity contribution in [1.82, 2.24) is 10.6 Å². The van der Waals surface area contributed by atoms with E-state index in [0.717, 1.165) is 6.07 Å². The molecule has 0 aliphatic carbocycles. The first-order valence-electron chi connectivity index (χ1n) is 8.12. The monoisotopic (exact) mass is 374 g/mol. The summed E-state index contributed by atoms with van der Waals surface area (Å²) in [6.45, 7) is -0.311. The molecule has 0 bridgehead atoms. The molecule has 2 amide bonds. The highest BCUT2D eigenvalue weighted by atomic mass is 19.1. The van der Waals surface area contributed by atoms with E-state index in [1.807, 2.05) is 0 Å². The standard InChI is InChI=1S/C19H19FN2O5/c1-26-14-8-6-13(7-9-14)18(24)22-12-17(23)21-10-11-27-19(25)15-4-2-3-5-16(15)20/h2-9H,10-12H2,1H3,(H,21,23)(H,22,24). The summed E-state index contributed by atoms with van der Waals surface area (Å²) in [4.78, 5) is 35.3. The molecule has 142 valence electrons. The lowest BCUT2D eigenvalue weighted by atomic mass is 10.2. The van der Waals surface area contributed by atoms with Gasteiger partial charge in [0.15, 0.2) is 0 Å². The quantitative estimate of drug-likeness (QED) is 0.540. The van der Waals surface area contributed by atoms with Crippen LogP contribution < -0.4 is 15.4 Å². The third-order valence-electron chi connectivity index (χ3n) is 3.51. The molecule has 2 aromatic rings. The van der Waals surface area contributed by atoms with Crippen LogP contribution in [0.5, 0.6) is 5.75 Å². The van der Waals surface area contributed by atoms with Crippen molar-refractivity contribution >= 4 is 17.8 Å². The summed E-state index contributed by atoms with van der Waals surface area (Å²) in [6, 6.07) is 11.9. The topological polar surface area (TPSA) is 93.7 Å². The summed E-state index contributed by atoms with van der Waals surface area (Å²) in [7, 11) is 1.52. The molecule has 0 radical (unpaired) electrons. The first-order valence-corrected chi connectivity index (χ1v) is 8.12. The second-order valence-electron chi connectivity index (χ2n) is 5.38. The van der Waals surface area contributed by atoms with Crippen molar-refractivity contribution in [2.45, 2.75) is 0 Å². The van der Waals surface area contributed by atoms with Crippen LogP contribution >= 0.6 is 0 Å². The van der Waals surface area contributed by atoms with Crippen molar-refractivity contribution in [2.24, 2.45) is 0 Å². The molecule has 27 heavy (non-hydrogen) atoms. The van der Waals surface area contributed by atoms with E-state index < -0.39 is 23.6 Å². The van der Waals surface area contributed by atoms with Gasteiger partial charge in [0.2, 0.25) is 5.91 Å². The number of ether oxygens (including phenoxy) is 2. The average molecular weight is 374 g/mol. The smallest absolute Gasteiger partial charge is 0.341 e. The van der Waals surface area contributed by atoms with Crippen LogP contribution in [0.2, 0.25) is 0 Å². The third-order valence-corrected chi connectivity index (χ3v) is 3.51. The Kier molecular flexibility index (Phi) is 7.30. The number of carbonyl (C=O) groups is 3. The van der Waals surface area contributed by atoms with Gasteiger partial charge in [-0.3, -0.25) is 9.59 Å². The van der Waals surface area contributed by atoms with E-state index in [9.17, 15) is 18.8 Å². The zero-order valence-corrected chi connectivity index (χ0v) is 14.7. The molecule has 0 saturated carbocycles. The summed E-state index contributed by atoms with van der Waals surface area (Å²) < 4.78 is 23.3. The van der Waals surface area contributed by atoms with E-state index in [1.165, 1.54) is 25.3 Å². The lowest BCUT2D eigenvalue weighted by molar-refractivity contribution is -0.120. The molecule has 2 rings (SSSR count). The maximum Gasteiger partial charge on any atom is 0.341 e. The van der Waals surface area contributed by atoms with Gasteiger partial charge >= 0.3 is 5.97 Å². The second kappa shape index (κ2) is 9.91. The van der Waals surface area contributed by atoms with Crippen molar-refractivity contribution in [3.05, 3.63) is 65.5 Å². The molecule has 2 aromatic carbocycles. The van der Waals surface area contributed by atoms with Gasteiger partial charge in [0.1, 0.15) is 18.2 Å². The van der Waals surface area contributed by atoms with E-state index in [-0.39, 0.29) is 25.3 Å². The minimum absolute atomic E-state index is 0.0391. The third kappa shape index (κ3) is 6.10. The molecule has 7 nitrogen and oxygen atoms in total. The van der Waals surface area contributed by atoms with Crippen LogP contribution in [0.1, 0.15) is 20.7 Å². The number of methoxy groups -OCH3 is 1. The Balaban J connectivity index is 1.66. The number of benzene rings is 2. The van der Waals surface area contributed by atoms with E-state index >= 15 is 0 Å². The highest BCUT2D eigenvalue weighted by molar-refractivity contribution is 5.96. The van der Waals surface area contributed by atoms with Gasteiger partial charge in [-0.1, -0.05) is 12.1 Å². The maximum absolute atomic E-state index is 13.4. The predicted octanol–water partition coefficient (Wildman–Crippen LogP) is 1.54. The zero-order chi connectivity index (χ0) is 19.6. The van der Waals surface area contributed by atoms with Gasteiger partial charge in [-0.15, -0.1) is 0 Å². The number of hydrogen-bond acceptors (Lipinski definition) is 5. The lowest BCUT2D eigenvalue weighted by Gasteiger charge is -2.08. The fourth-order valence-corrected chi connectivity index (χ4v) is 2.11. The largest absolute Gasteiger partial charge is 0.497 e. The normalized spacial score (nSPS) is 10.0. The highest BCUT2D eigenvalue weighted by Gasteiger charge is 2.12. The molecular formula is C19H19FN2O5. The van der Waals surface area contributed by atoms with Gasteiger partial charge in [0.25, 0.3) is 5.91 Å². The molecule has 0 unspecified atom stereocenters. The summed E-state index contributed by atoms with van der Waals surface area (Å²) in [5.41, 5.74) is 0.220. The number of amides is 2. The number of rotatable bonds is 8. The van der Waals surface area contributed by atoms with Crippen molar-refractivity contribution in [3.8, 4) is 5.75 Å². The van der Waals surface area contributed by atoms with Crippen molar-refractivity contribution < 1.29 is 28.2 Å². The molecule has 0 aliphatic rings. The fourth-order valence-electron chi connectivity index (χ4n) is 2.11. The molecule has 0 heterocycles. The van der Waals surface area contributed by atoms with Crippen molar-refractivity contribution in [1.29, 1.82) is 0 Å². The predicted molar refractivity (Wildman–Crippen MR) is 95.0 cm³/mol. The Morgan fingerprint density at radius 1 is 1.00 bits per heavy atom. The molecule has 0 saturated heterocycles. The minimum atomic E-state index is -0.810. The summed E-state index contributed by atoms with van der Waals surface area (Å²) in [5.74, 6) is -1.71. The minimum Gasteiger partial charge on any atom is -0.497 e. The van der Waals surface area contributed by atoms with Crippen molar-refractivity contribution in [3.63, 3.8) is 0 Å². The van der Waals surface area contributed by atoms with Crippen LogP contribution in [0.15, 0.2) is 48.5 Å². The Morgan fingerprint density at radius 2 is 1.70 bits per heavy atom.